The minimum atomic E-state index is -0.315. The summed E-state index contributed by atoms with van der Waals surface area (Å²) in [5, 5.41) is 0. The number of carbonyl (C=O) groups is 1. The van der Waals surface area contributed by atoms with Gasteiger partial charge in [0.15, 0.2) is 0 Å². The average molecular weight is 235 g/mol. The van der Waals surface area contributed by atoms with Crippen molar-refractivity contribution in [3.63, 3.8) is 0 Å². The molecule has 1 heterocycles. The van der Waals surface area contributed by atoms with E-state index in [0.717, 1.165) is 31.2 Å². The number of carbonyl (C=O) groups excluding carboxylic acids is 1. The van der Waals surface area contributed by atoms with Crippen molar-refractivity contribution in [2.45, 2.75) is 45.3 Å². The number of esters is 1. The zero-order valence-electron chi connectivity index (χ0n) is 10.0. The van der Waals surface area contributed by atoms with Gasteiger partial charge >= 0.3 is 5.97 Å². The van der Waals surface area contributed by atoms with Gasteiger partial charge in [-0.15, -0.1) is 0 Å². The minimum absolute atomic E-state index is 0.0109. The largest absolute Gasteiger partial charge is 0.461 e. The lowest BCUT2D eigenvalue weighted by molar-refractivity contribution is -0.149. The SMILES string of the molecule is Cc1ccc(=O)n(CC(=O)OC2CCCC2)c1. The van der Waals surface area contributed by atoms with Gasteiger partial charge in [0, 0.05) is 12.3 Å². The van der Waals surface area contributed by atoms with Crippen molar-refractivity contribution < 1.29 is 9.53 Å². The molecular weight excluding hydrogens is 218 g/mol. The molecule has 4 heteroatoms. The van der Waals surface area contributed by atoms with Gasteiger partial charge in [-0.3, -0.25) is 9.59 Å². The van der Waals surface area contributed by atoms with E-state index in [9.17, 15) is 9.59 Å². The topological polar surface area (TPSA) is 48.3 Å². The molecule has 1 aliphatic rings. The third-order valence-corrected chi connectivity index (χ3v) is 3.03. The number of aromatic nitrogens is 1. The van der Waals surface area contributed by atoms with Crippen molar-refractivity contribution in [2.75, 3.05) is 0 Å². The summed E-state index contributed by atoms with van der Waals surface area (Å²) < 4.78 is 6.71. The summed E-state index contributed by atoms with van der Waals surface area (Å²) in [6.45, 7) is 1.90. The molecule has 0 unspecified atom stereocenters. The molecule has 1 aromatic heterocycles. The Morgan fingerprint density at radius 2 is 2.12 bits per heavy atom. The molecule has 0 atom stereocenters. The van der Waals surface area contributed by atoms with Gasteiger partial charge in [0.1, 0.15) is 12.6 Å². The average Bonchev–Trinajstić information content (AvgIpc) is 2.76. The monoisotopic (exact) mass is 235 g/mol. The van der Waals surface area contributed by atoms with Crippen LogP contribution in [0.3, 0.4) is 0 Å². The van der Waals surface area contributed by atoms with E-state index >= 15 is 0 Å². The molecule has 1 fully saturated rings. The summed E-state index contributed by atoms with van der Waals surface area (Å²) in [6, 6.07) is 3.21. The van der Waals surface area contributed by atoms with Crippen molar-refractivity contribution in [1.82, 2.24) is 4.57 Å². The van der Waals surface area contributed by atoms with Gasteiger partial charge in [0.05, 0.1) is 0 Å². The number of ether oxygens (including phenoxy) is 1. The summed E-state index contributed by atoms with van der Waals surface area (Å²) in [7, 11) is 0. The van der Waals surface area contributed by atoms with Crippen LogP contribution in [0.5, 0.6) is 0 Å². The molecule has 0 saturated heterocycles. The van der Waals surface area contributed by atoms with Gasteiger partial charge in [0.2, 0.25) is 0 Å². The number of aryl methyl sites for hydroxylation is 1. The van der Waals surface area contributed by atoms with Crippen molar-refractivity contribution >= 4 is 5.97 Å². The van der Waals surface area contributed by atoms with Crippen LogP contribution >= 0.6 is 0 Å². The Morgan fingerprint density at radius 3 is 2.82 bits per heavy atom. The van der Waals surface area contributed by atoms with E-state index in [1.807, 2.05) is 6.92 Å². The standard InChI is InChI=1S/C13H17NO3/c1-10-6-7-12(15)14(8-10)9-13(16)17-11-4-2-3-5-11/h6-8,11H,2-5,9H2,1H3. The highest BCUT2D eigenvalue weighted by atomic mass is 16.5. The maximum absolute atomic E-state index is 11.7. The van der Waals surface area contributed by atoms with Crippen LogP contribution in [-0.2, 0) is 16.1 Å². The zero-order chi connectivity index (χ0) is 12.3. The van der Waals surface area contributed by atoms with Gasteiger partial charge in [0.25, 0.3) is 5.56 Å². The van der Waals surface area contributed by atoms with E-state index in [2.05, 4.69) is 0 Å². The second-order valence-corrected chi connectivity index (χ2v) is 4.57. The van der Waals surface area contributed by atoms with E-state index < -0.39 is 0 Å². The second-order valence-electron chi connectivity index (χ2n) is 4.57. The third kappa shape index (κ3) is 3.19. The van der Waals surface area contributed by atoms with Crippen LogP contribution in [0.2, 0.25) is 0 Å². The Hall–Kier alpha value is -1.58. The fraction of sp³-hybridized carbons (Fsp3) is 0.538. The first-order chi connectivity index (χ1) is 8.15. The second kappa shape index (κ2) is 5.17. The predicted octanol–water partition coefficient (Wildman–Crippen LogP) is 1.64. The summed E-state index contributed by atoms with van der Waals surface area (Å²) >= 11 is 0. The fourth-order valence-electron chi connectivity index (χ4n) is 2.14. The number of hydrogen-bond acceptors (Lipinski definition) is 3. The van der Waals surface area contributed by atoms with Gasteiger partial charge in [-0.25, -0.2) is 0 Å². The highest BCUT2D eigenvalue weighted by Crippen LogP contribution is 2.20. The highest BCUT2D eigenvalue weighted by molar-refractivity contribution is 5.69. The minimum Gasteiger partial charge on any atom is -0.461 e. The number of hydrogen-bond donors (Lipinski definition) is 0. The molecule has 0 spiro atoms. The van der Waals surface area contributed by atoms with Crippen molar-refractivity contribution in [3.8, 4) is 0 Å². The quantitative estimate of drug-likeness (QED) is 0.748. The predicted molar refractivity (Wildman–Crippen MR) is 63.8 cm³/mol. The zero-order valence-corrected chi connectivity index (χ0v) is 10.0. The smallest absolute Gasteiger partial charge is 0.326 e. The van der Waals surface area contributed by atoms with Crippen molar-refractivity contribution in [3.05, 3.63) is 34.2 Å². The molecule has 92 valence electrons. The molecule has 4 nitrogen and oxygen atoms in total. The molecular formula is C13H17NO3. The molecule has 1 saturated carbocycles. The van der Waals surface area contributed by atoms with E-state index in [1.165, 1.54) is 10.6 Å². The van der Waals surface area contributed by atoms with E-state index in [1.54, 1.807) is 12.3 Å². The summed E-state index contributed by atoms with van der Waals surface area (Å²) in [6.07, 6.45) is 5.90. The van der Waals surface area contributed by atoms with Crippen LogP contribution in [0.15, 0.2) is 23.1 Å². The first-order valence-corrected chi connectivity index (χ1v) is 6.02. The summed E-state index contributed by atoms with van der Waals surface area (Å²) in [5.41, 5.74) is 0.789. The Kier molecular flexibility index (Phi) is 3.61. The van der Waals surface area contributed by atoms with E-state index in [0.29, 0.717) is 0 Å². The highest BCUT2D eigenvalue weighted by Gasteiger charge is 2.19. The molecule has 0 aromatic carbocycles. The van der Waals surface area contributed by atoms with Crippen LogP contribution in [0, 0.1) is 6.92 Å². The van der Waals surface area contributed by atoms with Gasteiger partial charge in [-0.05, 0) is 38.2 Å². The maximum atomic E-state index is 11.7. The molecule has 0 radical (unpaired) electrons. The lowest BCUT2D eigenvalue weighted by Gasteiger charge is -2.12. The van der Waals surface area contributed by atoms with Crippen LogP contribution < -0.4 is 5.56 Å². The fourth-order valence-corrected chi connectivity index (χ4v) is 2.14. The normalized spacial score (nSPS) is 16.1. The van der Waals surface area contributed by atoms with Gasteiger partial charge < -0.3 is 9.30 Å². The number of pyridine rings is 1. The molecule has 0 bridgehead atoms. The Morgan fingerprint density at radius 1 is 1.41 bits per heavy atom. The van der Waals surface area contributed by atoms with Crippen LogP contribution in [0.25, 0.3) is 0 Å². The first kappa shape index (κ1) is 11.9. The Balaban J connectivity index is 1.97. The molecule has 0 amide bonds. The summed E-state index contributed by atoms with van der Waals surface area (Å²) in [5.74, 6) is -0.315. The van der Waals surface area contributed by atoms with Crippen LogP contribution in [0.4, 0.5) is 0 Å². The number of nitrogens with zero attached hydrogens (tertiary/aromatic N) is 1. The van der Waals surface area contributed by atoms with Crippen molar-refractivity contribution in [2.24, 2.45) is 0 Å². The van der Waals surface area contributed by atoms with Crippen LogP contribution in [-0.4, -0.2) is 16.6 Å². The van der Waals surface area contributed by atoms with E-state index in [4.69, 9.17) is 4.74 Å². The molecule has 0 aliphatic heterocycles. The van der Waals surface area contributed by atoms with Gasteiger partial charge in [-0.1, -0.05) is 6.07 Å². The van der Waals surface area contributed by atoms with E-state index in [-0.39, 0.29) is 24.2 Å². The molecule has 2 rings (SSSR count). The summed E-state index contributed by atoms with van der Waals surface area (Å²) in [4.78, 5) is 23.1. The molecule has 1 aromatic rings. The Labute approximate surface area is 100 Å². The Bertz CT molecular complexity index is 458. The van der Waals surface area contributed by atoms with Crippen molar-refractivity contribution in [1.29, 1.82) is 0 Å². The number of rotatable bonds is 3. The molecule has 0 N–H and O–H groups in total. The van der Waals surface area contributed by atoms with Gasteiger partial charge in [-0.2, -0.15) is 0 Å². The lowest BCUT2D eigenvalue weighted by atomic mass is 10.3. The first-order valence-electron chi connectivity index (χ1n) is 6.02. The van der Waals surface area contributed by atoms with Crippen LogP contribution in [0.1, 0.15) is 31.2 Å². The molecule has 17 heavy (non-hydrogen) atoms. The third-order valence-electron chi connectivity index (χ3n) is 3.03. The maximum Gasteiger partial charge on any atom is 0.326 e. The molecule has 1 aliphatic carbocycles. The lowest BCUT2D eigenvalue weighted by Crippen LogP contribution is -2.26.